The predicted molar refractivity (Wildman–Crippen MR) is 124 cm³/mol. The summed E-state index contributed by atoms with van der Waals surface area (Å²) in [6, 6.07) is 13.2. The summed E-state index contributed by atoms with van der Waals surface area (Å²) < 4.78 is 10.8. The Balaban J connectivity index is 2.04. The summed E-state index contributed by atoms with van der Waals surface area (Å²) in [6.07, 6.45) is 3.17. The van der Waals surface area contributed by atoms with Crippen molar-refractivity contribution < 1.29 is 24.2 Å². The van der Waals surface area contributed by atoms with Gasteiger partial charge in [-0.3, -0.25) is 19.5 Å². The van der Waals surface area contributed by atoms with Crippen LogP contribution in [0.25, 0.3) is 5.76 Å². The summed E-state index contributed by atoms with van der Waals surface area (Å²) in [4.78, 5) is 32.2. The molecule has 7 heteroatoms. The van der Waals surface area contributed by atoms with Crippen LogP contribution in [0.15, 0.2) is 66.5 Å². The first-order valence-corrected chi connectivity index (χ1v) is 10.4. The van der Waals surface area contributed by atoms with Crippen molar-refractivity contribution in [3.05, 3.63) is 88.8 Å². The number of ketones is 1. The fraction of sp³-hybridized carbons (Fsp3) is 0.192. The second-order valence-electron chi connectivity index (χ2n) is 7.71. The molecule has 4 rings (SSSR count). The van der Waals surface area contributed by atoms with E-state index >= 15 is 0 Å². The van der Waals surface area contributed by atoms with Gasteiger partial charge in [0.25, 0.3) is 11.7 Å². The lowest BCUT2D eigenvalue weighted by Crippen LogP contribution is -2.30. The zero-order valence-corrected chi connectivity index (χ0v) is 18.8. The number of carbonyl (C=O) groups excluding carboxylic acids is 2. The van der Waals surface area contributed by atoms with Crippen molar-refractivity contribution in [2.45, 2.75) is 19.9 Å². The van der Waals surface area contributed by atoms with Gasteiger partial charge >= 0.3 is 0 Å². The van der Waals surface area contributed by atoms with Crippen LogP contribution < -0.4 is 14.4 Å². The lowest BCUT2D eigenvalue weighted by atomic mass is 9.94. The van der Waals surface area contributed by atoms with Gasteiger partial charge in [-0.15, -0.1) is 0 Å². The Labute approximate surface area is 191 Å². The van der Waals surface area contributed by atoms with E-state index in [1.54, 1.807) is 48.8 Å². The molecular weight excluding hydrogens is 420 g/mol. The molecule has 1 amide bonds. The van der Waals surface area contributed by atoms with Gasteiger partial charge in [-0.1, -0.05) is 18.2 Å². The minimum Gasteiger partial charge on any atom is -0.506 e. The number of aromatic nitrogens is 1. The number of aliphatic hydroxyl groups is 1. The van der Waals surface area contributed by atoms with E-state index in [1.807, 2.05) is 26.0 Å². The molecule has 3 aromatic rings. The topological polar surface area (TPSA) is 89.0 Å². The first-order chi connectivity index (χ1) is 15.9. The van der Waals surface area contributed by atoms with E-state index in [0.717, 1.165) is 11.1 Å². The molecule has 7 nitrogen and oxygen atoms in total. The van der Waals surface area contributed by atoms with Gasteiger partial charge in [0.15, 0.2) is 0 Å². The number of nitrogens with zero attached hydrogens (tertiary/aromatic N) is 2. The second-order valence-corrected chi connectivity index (χ2v) is 7.71. The van der Waals surface area contributed by atoms with Gasteiger partial charge in [0.05, 0.1) is 25.8 Å². The smallest absolute Gasteiger partial charge is 0.300 e. The Morgan fingerprint density at radius 1 is 0.939 bits per heavy atom. The minimum absolute atomic E-state index is 0.0464. The number of Topliss-reactive ketones (excluding diaryl/α,β-unsaturated/α-hetero) is 1. The number of ether oxygens (including phenoxy) is 2. The highest BCUT2D eigenvalue weighted by Gasteiger charge is 2.48. The van der Waals surface area contributed by atoms with Crippen LogP contribution in [-0.2, 0) is 9.59 Å². The number of carbonyl (C=O) groups is 2. The second kappa shape index (κ2) is 8.78. The summed E-state index contributed by atoms with van der Waals surface area (Å²) >= 11 is 0. The SMILES string of the molecule is COc1cccc(OC)c1/C(O)=C1\C(=O)C(=O)N(c2cccc(C)c2C)C1c1ccncc1. The minimum atomic E-state index is -0.858. The van der Waals surface area contributed by atoms with Gasteiger partial charge in [-0.05, 0) is 60.9 Å². The molecule has 0 bridgehead atoms. The van der Waals surface area contributed by atoms with Gasteiger partial charge < -0.3 is 14.6 Å². The van der Waals surface area contributed by atoms with Crippen molar-refractivity contribution in [2.24, 2.45) is 0 Å². The molecule has 1 saturated heterocycles. The molecule has 2 heterocycles. The number of pyridine rings is 1. The largest absolute Gasteiger partial charge is 0.506 e. The van der Waals surface area contributed by atoms with E-state index < -0.39 is 17.7 Å². The van der Waals surface area contributed by atoms with Crippen LogP contribution in [0.3, 0.4) is 0 Å². The Morgan fingerprint density at radius 2 is 1.55 bits per heavy atom. The van der Waals surface area contributed by atoms with Crippen molar-refractivity contribution in [1.29, 1.82) is 0 Å². The predicted octanol–water partition coefficient (Wildman–Crippen LogP) is 4.34. The third kappa shape index (κ3) is 3.61. The van der Waals surface area contributed by atoms with Crippen molar-refractivity contribution in [2.75, 3.05) is 19.1 Å². The monoisotopic (exact) mass is 444 g/mol. The average molecular weight is 444 g/mol. The van der Waals surface area contributed by atoms with Crippen LogP contribution in [0.4, 0.5) is 5.69 Å². The van der Waals surface area contributed by atoms with E-state index in [4.69, 9.17) is 9.47 Å². The molecule has 1 fully saturated rings. The Hall–Kier alpha value is -4.13. The average Bonchev–Trinajstić information content (AvgIpc) is 3.10. The Morgan fingerprint density at radius 3 is 2.15 bits per heavy atom. The number of aliphatic hydroxyl groups excluding tert-OH is 1. The molecule has 1 aliphatic heterocycles. The number of methoxy groups -OCH3 is 2. The molecule has 0 saturated carbocycles. The van der Waals surface area contributed by atoms with E-state index in [9.17, 15) is 14.7 Å². The molecule has 1 atom stereocenters. The molecule has 1 unspecified atom stereocenters. The van der Waals surface area contributed by atoms with Crippen molar-refractivity contribution in [3.8, 4) is 11.5 Å². The number of hydrogen-bond acceptors (Lipinski definition) is 6. The van der Waals surface area contributed by atoms with Crippen molar-refractivity contribution in [1.82, 2.24) is 4.98 Å². The number of rotatable bonds is 5. The molecule has 0 spiro atoms. The zero-order chi connectivity index (χ0) is 23.7. The summed E-state index contributed by atoms with van der Waals surface area (Å²) in [7, 11) is 2.92. The van der Waals surface area contributed by atoms with Gasteiger partial charge in [0.2, 0.25) is 0 Å². The number of amides is 1. The van der Waals surface area contributed by atoms with Gasteiger partial charge in [-0.2, -0.15) is 0 Å². The highest BCUT2D eigenvalue weighted by molar-refractivity contribution is 6.51. The fourth-order valence-corrected chi connectivity index (χ4v) is 4.16. The molecule has 0 radical (unpaired) electrons. The third-order valence-electron chi connectivity index (χ3n) is 5.97. The Bertz CT molecular complexity index is 1240. The van der Waals surface area contributed by atoms with Crippen LogP contribution in [-0.4, -0.2) is 36.0 Å². The highest BCUT2D eigenvalue weighted by atomic mass is 16.5. The van der Waals surface area contributed by atoms with Crippen molar-refractivity contribution >= 4 is 23.1 Å². The van der Waals surface area contributed by atoms with Gasteiger partial charge in [0, 0.05) is 18.1 Å². The van der Waals surface area contributed by atoms with E-state index in [-0.39, 0.29) is 16.9 Å². The summed E-state index contributed by atoms with van der Waals surface area (Å²) in [5.74, 6) is -1.24. The van der Waals surface area contributed by atoms with Gasteiger partial charge in [0.1, 0.15) is 22.8 Å². The summed E-state index contributed by atoms with van der Waals surface area (Å²) in [5, 5.41) is 11.5. The lowest BCUT2D eigenvalue weighted by molar-refractivity contribution is -0.132. The number of aryl methyl sites for hydroxylation is 1. The maximum absolute atomic E-state index is 13.4. The zero-order valence-electron chi connectivity index (χ0n) is 18.8. The molecule has 168 valence electrons. The molecular formula is C26H24N2O5. The van der Waals surface area contributed by atoms with E-state index in [0.29, 0.717) is 22.7 Å². The highest BCUT2D eigenvalue weighted by Crippen LogP contribution is 2.45. The lowest BCUT2D eigenvalue weighted by Gasteiger charge is -2.27. The van der Waals surface area contributed by atoms with Crippen LogP contribution >= 0.6 is 0 Å². The van der Waals surface area contributed by atoms with E-state index in [2.05, 4.69) is 4.98 Å². The molecule has 1 N–H and O–H groups in total. The molecule has 1 aliphatic rings. The Kier molecular flexibility index (Phi) is 5.87. The van der Waals surface area contributed by atoms with E-state index in [1.165, 1.54) is 19.1 Å². The number of benzene rings is 2. The fourth-order valence-electron chi connectivity index (χ4n) is 4.16. The number of hydrogen-bond donors (Lipinski definition) is 1. The third-order valence-corrected chi connectivity index (χ3v) is 5.97. The van der Waals surface area contributed by atoms with Crippen LogP contribution in [0.2, 0.25) is 0 Å². The van der Waals surface area contributed by atoms with Crippen LogP contribution in [0.1, 0.15) is 28.3 Å². The maximum atomic E-state index is 13.4. The standard InChI is InChI=1S/C26H24N2O5/c1-15-7-5-8-18(16(15)2)28-23(17-11-13-27-14-12-17)22(25(30)26(28)31)24(29)21-19(32-3)9-6-10-20(21)33-4/h5-14,23,29H,1-4H3/b24-22+. The maximum Gasteiger partial charge on any atom is 0.300 e. The quantitative estimate of drug-likeness (QED) is 0.358. The molecule has 1 aromatic heterocycles. The molecule has 33 heavy (non-hydrogen) atoms. The molecule has 0 aliphatic carbocycles. The summed E-state index contributed by atoms with van der Waals surface area (Å²) in [6.45, 7) is 3.84. The molecule has 2 aromatic carbocycles. The normalized spacial score (nSPS) is 17.3. The first kappa shape index (κ1) is 22.1. The van der Waals surface area contributed by atoms with Crippen molar-refractivity contribution in [3.63, 3.8) is 0 Å². The van der Waals surface area contributed by atoms with Crippen LogP contribution in [0, 0.1) is 13.8 Å². The first-order valence-electron chi connectivity index (χ1n) is 10.4. The summed E-state index contributed by atoms with van der Waals surface area (Å²) in [5.41, 5.74) is 3.25. The van der Waals surface area contributed by atoms with Gasteiger partial charge in [-0.25, -0.2) is 0 Å². The number of anilines is 1. The van der Waals surface area contributed by atoms with Crippen LogP contribution in [0.5, 0.6) is 11.5 Å².